The average Bonchev–Trinajstić information content (AvgIpc) is 3.06. The first-order chi connectivity index (χ1) is 22.6. The molecule has 11 atom stereocenters. The molecule has 0 aromatic carbocycles. The molecule has 0 radical (unpaired) electrons. The van der Waals surface area contributed by atoms with Gasteiger partial charge in [-0.05, 0) is 38.5 Å². The maximum Gasteiger partial charge on any atom is 0.305 e. The Labute approximate surface area is 276 Å². The van der Waals surface area contributed by atoms with Crippen molar-refractivity contribution in [2.24, 2.45) is 0 Å². The number of hydrogen-bond acceptors (Lipinski definition) is 14. The molecule has 47 heavy (non-hydrogen) atoms. The van der Waals surface area contributed by atoms with E-state index in [-0.39, 0.29) is 13.0 Å². The smallest absolute Gasteiger partial charge is 0.305 e. The first-order valence-corrected chi connectivity index (χ1v) is 16.6. The minimum atomic E-state index is -1.73. The highest BCUT2D eigenvalue weighted by atomic mass is 16.7. The van der Waals surface area contributed by atoms with Crippen LogP contribution in [0.5, 0.6) is 0 Å². The second kappa shape index (κ2) is 23.5. The predicted octanol–water partition coefficient (Wildman–Crippen LogP) is 0.121. The van der Waals surface area contributed by atoms with Gasteiger partial charge in [0, 0.05) is 6.42 Å². The van der Waals surface area contributed by atoms with E-state index in [4.69, 9.17) is 23.7 Å². The summed E-state index contributed by atoms with van der Waals surface area (Å²) in [6.45, 7) is 0.155. The molecule has 0 aromatic heterocycles. The normalized spacial score (nSPS) is 32.4. The van der Waals surface area contributed by atoms with Gasteiger partial charge in [-0.3, -0.25) is 4.79 Å². The fourth-order valence-electron chi connectivity index (χ4n) is 4.99. The van der Waals surface area contributed by atoms with E-state index in [0.29, 0.717) is 6.42 Å². The maximum absolute atomic E-state index is 12.1. The first-order valence-electron chi connectivity index (χ1n) is 16.6. The average molecular weight is 677 g/mol. The third-order valence-corrected chi connectivity index (χ3v) is 7.86. The molecule has 2 aliphatic rings. The van der Waals surface area contributed by atoms with Crippen LogP contribution in [0.1, 0.15) is 71.1 Å². The Morgan fingerprint density at radius 2 is 1.23 bits per heavy atom. The third-order valence-electron chi connectivity index (χ3n) is 7.86. The summed E-state index contributed by atoms with van der Waals surface area (Å²) in [5, 5.41) is 80.3. The summed E-state index contributed by atoms with van der Waals surface area (Å²) in [4.78, 5) is 12.1. The fourth-order valence-corrected chi connectivity index (χ4v) is 4.99. The van der Waals surface area contributed by atoms with Crippen LogP contribution < -0.4 is 0 Å². The molecule has 2 aliphatic heterocycles. The Kier molecular flexibility index (Phi) is 20.7. The molecule has 2 heterocycles. The van der Waals surface area contributed by atoms with Crippen LogP contribution in [0.15, 0.2) is 36.5 Å². The van der Waals surface area contributed by atoms with Crippen molar-refractivity contribution in [2.75, 3.05) is 26.4 Å². The number of ether oxygens (including phenoxy) is 5. The van der Waals surface area contributed by atoms with Crippen molar-refractivity contribution in [1.82, 2.24) is 0 Å². The molecule has 0 aliphatic carbocycles. The molecule has 14 nitrogen and oxygen atoms in total. The van der Waals surface area contributed by atoms with Gasteiger partial charge >= 0.3 is 5.97 Å². The van der Waals surface area contributed by atoms with Gasteiger partial charge in [-0.15, -0.1) is 0 Å². The third kappa shape index (κ3) is 15.1. The highest BCUT2D eigenvalue weighted by Crippen LogP contribution is 2.26. The van der Waals surface area contributed by atoms with E-state index in [2.05, 4.69) is 43.4 Å². The molecule has 0 aromatic rings. The molecule has 2 fully saturated rings. The molecule has 0 spiro atoms. The van der Waals surface area contributed by atoms with E-state index < -0.39 is 93.3 Å². The van der Waals surface area contributed by atoms with Crippen LogP contribution in [0.2, 0.25) is 0 Å². The molecule has 0 bridgehead atoms. The Balaban J connectivity index is 1.59. The summed E-state index contributed by atoms with van der Waals surface area (Å²) < 4.78 is 26.6. The van der Waals surface area contributed by atoms with Crippen molar-refractivity contribution < 1.29 is 69.3 Å². The molecule has 0 saturated carbocycles. The monoisotopic (exact) mass is 676 g/mol. The second-order valence-corrected chi connectivity index (χ2v) is 11.8. The Bertz CT molecular complexity index is 927. The van der Waals surface area contributed by atoms with Gasteiger partial charge < -0.3 is 64.5 Å². The number of allylic oxidation sites excluding steroid dienone is 6. The zero-order valence-electron chi connectivity index (χ0n) is 27.2. The number of carbonyl (C=O) groups excluding carboxylic acids is 1. The van der Waals surface area contributed by atoms with Crippen molar-refractivity contribution >= 4 is 5.97 Å². The van der Waals surface area contributed by atoms with Gasteiger partial charge in [0.2, 0.25) is 0 Å². The van der Waals surface area contributed by atoms with Crippen molar-refractivity contribution in [1.29, 1.82) is 0 Å². The largest absolute Gasteiger partial charge is 0.463 e. The Hall–Kier alpha value is -1.79. The molecule has 2 rings (SSSR count). The maximum atomic E-state index is 12.1. The molecule has 2 saturated heterocycles. The second-order valence-electron chi connectivity index (χ2n) is 11.8. The van der Waals surface area contributed by atoms with Crippen LogP contribution in [0.3, 0.4) is 0 Å². The van der Waals surface area contributed by atoms with Gasteiger partial charge in [0.1, 0.15) is 61.5 Å². The van der Waals surface area contributed by atoms with Gasteiger partial charge in [-0.25, -0.2) is 0 Å². The summed E-state index contributed by atoms with van der Waals surface area (Å²) in [5.41, 5.74) is 0. The molecule has 0 amide bonds. The summed E-state index contributed by atoms with van der Waals surface area (Å²) in [5.74, 6) is -0.455. The van der Waals surface area contributed by atoms with Crippen LogP contribution in [-0.4, -0.2) is 141 Å². The van der Waals surface area contributed by atoms with Crippen LogP contribution in [-0.2, 0) is 28.5 Å². The van der Waals surface area contributed by atoms with E-state index in [0.717, 1.165) is 51.4 Å². The lowest BCUT2D eigenvalue weighted by atomic mass is 9.98. The Morgan fingerprint density at radius 3 is 1.89 bits per heavy atom. The number of hydrogen-bond donors (Lipinski definition) is 8. The van der Waals surface area contributed by atoms with Crippen molar-refractivity contribution in [2.45, 2.75) is 139 Å². The first kappa shape index (κ1) is 41.4. The molecule has 0 unspecified atom stereocenters. The van der Waals surface area contributed by atoms with Crippen LogP contribution >= 0.6 is 0 Å². The lowest BCUT2D eigenvalue weighted by molar-refractivity contribution is -0.332. The highest BCUT2D eigenvalue weighted by molar-refractivity contribution is 5.69. The zero-order valence-corrected chi connectivity index (χ0v) is 27.2. The van der Waals surface area contributed by atoms with E-state index >= 15 is 0 Å². The highest BCUT2D eigenvalue weighted by Gasteiger charge is 2.47. The van der Waals surface area contributed by atoms with Crippen molar-refractivity contribution in [3.8, 4) is 0 Å². The summed E-state index contributed by atoms with van der Waals surface area (Å²) >= 11 is 0. The van der Waals surface area contributed by atoms with E-state index in [1.54, 1.807) is 0 Å². The van der Waals surface area contributed by atoms with Gasteiger partial charge in [0.05, 0.1) is 19.8 Å². The van der Waals surface area contributed by atoms with Crippen molar-refractivity contribution in [3.63, 3.8) is 0 Å². The van der Waals surface area contributed by atoms with Crippen LogP contribution in [0, 0.1) is 0 Å². The van der Waals surface area contributed by atoms with Gasteiger partial charge in [0.25, 0.3) is 0 Å². The van der Waals surface area contributed by atoms with Crippen molar-refractivity contribution in [3.05, 3.63) is 36.5 Å². The quantitative estimate of drug-likeness (QED) is 0.0433. The lowest BCUT2D eigenvalue weighted by Crippen LogP contribution is -2.61. The molecular weight excluding hydrogens is 620 g/mol. The number of aliphatic hydroxyl groups excluding tert-OH is 8. The number of aliphatic hydroxyl groups is 8. The van der Waals surface area contributed by atoms with E-state index in [1.807, 2.05) is 0 Å². The summed E-state index contributed by atoms with van der Waals surface area (Å²) in [6.07, 6.45) is 5.21. The van der Waals surface area contributed by atoms with Gasteiger partial charge in [-0.1, -0.05) is 62.6 Å². The SMILES string of the molecule is CC/C=C\C/C=C\C/C=C\CCCCCCCC(=O)OC[C@@H](O)CO[C@@H]1O[C@H](CO[C@@H]2O[C@H](CO)[C@@H](O)[C@H](O)[C@H]2O)[C@@H](O)[C@H](O)[C@H]1O. The summed E-state index contributed by atoms with van der Waals surface area (Å²) in [6, 6.07) is 0. The van der Waals surface area contributed by atoms with Gasteiger partial charge in [-0.2, -0.15) is 0 Å². The molecule has 8 N–H and O–H groups in total. The predicted molar refractivity (Wildman–Crippen MR) is 169 cm³/mol. The molecule has 14 heteroatoms. The lowest BCUT2D eigenvalue weighted by Gasteiger charge is -2.42. The number of unbranched alkanes of at least 4 members (excludes halogenated alkanes) is 5. The van der Waals surface area contributed by atoms with E-state index in [9.17, 15) is 45.6 Å². The minimum Gasteiger partial charge on any atom is -0.463 e. The number of carbonyl (C=O) groups is 1. The van der Waals surface area contributed by atoms with Gasteiger partial charge in [0.15, 0.2) is 12.6 Å². The van der Waals surface area contributed by atoms with Crippen LogP contribution in [0.4, 0.5) is 0 Å². The standard InChI is InChI=1S/C33H56O14/c1-2-3-4-5-6-7-8-9-10-11-12-13-14-15-16-17-25(36)43-19-22(35)20-44-32-31(42)29(40)27(38)24(47-32)21-45-33-30(41)28(39)26(37)23(18-34)46-33/h3-4,6-7,9-10,22-24,26-35,37-42H,2,5,8,11-21H2,1H3/b4-3-,7-6-,10-9-/t22-,23-,24-,26-,27-,28+,29+,30-,31-,32-,33-/m1/s1. The Morgan fingerprint density at radius 1 is 0.681 bits per heavy atom. The summed E-state index contributed by atoms with van der Waals surface area (Å²) in [7, 11) is 0. The number of esters is 1. The number of rotatable bonds is 22. The fraction of sp³-hybridized carbons (Fsp3) is 0.788. The van der Waals surface area contributed by atoms with Crippen LogP contribution in [0.25, 0.3) is 0 Å². The van der Waals surface area contributed by atoms with E-state index in [1.165, 1.54) is 0 Å². The topological polar surface area (TPSA) is 225 Å². The molecule has 272 valence electrons. The minimum absolute atomic E-state index is 0.220. The zero-order chi connectivity index (χ0) is 34.6. The molecular formula is C33H56O14.